The molecule has 0 saturated carbocycles. The Bertz CT molecular complexity index is 1200. The van der Waals surface area contributed by atoms with E-state index in [0.29, 0.717) is 5.75 Å². The molecule has 1 aromatic heterocycles. The van der Waals surface area contributed by atoms with E-state index in [1.807, 2.05) is 36.4 Å². The summed E-state index contributed by atoms with van der Waals surface area (Å²) >= 11 is 0. The van der Waals surface area contributed by atoms with Crippen LogP contribution in [0.1, 0.15) is 39.8 Å². The Kier molecular flexibility index (Phi) is 3.83. The van der Waals surface area contributed by atoms with Crippen molar-refractivity contribution in [2.75, 3.05) is 0 Å². The summed E-state index contributed by atoms with van der Waals surface area (Å²) in [5, 5.41) is 1.16. The molecule has 5 rings (SSSR count). The number of fused-ring (bicyclic) bond motifs is 2. The second kappa shape index (κ2) is 6.38. The van der Waals surface area contributed by atoms with Crippen LogP contribution in [0.25, 0.3) is 10.9 Å². The number of hydrogen-bond donors (Lipinski definition) is 1. The third-order valence-corrected chi connectivity index (χ3v) is 5.71. The molecule has 0 amide bonds. The van der Waals surface area contributed by atoms with Gasteiger partial charge in [0.15, 0.2) is 0 Å². The summed E-state index contributed by atoms with van der Waals surface area (Å²) in [7, 11) is 0. The highest BCUT2D eigenvalue weighted by Crippen LogP contribution is 2.48. The van der Waals surface area contributed by atoms with Crippen molar-refractivity contribution in [2.45, 2.75) is 25.7 Å². The quantitative estimate of drug-likeness (QED) is 0.377. The summed E-state index contributed by atoms with van der Waals surface area (Å²) in [5.41, 5.74) is 6.62. The topological polar surface area (TPSA) is 42.1 Å². The first-order chi connectivity index (χ1) is 13.6. The minimum Gasteiger partial charge on any atom is -0.426 e. The number of rotatable bonds is 3. The summed E-state index contributed by atoms with van der Waals surface area (Å²) in [4.78, 5) is 16.5. The maximum absolute atomic E-state index is 13.0. The zero-order chi connectivity index (χ0) is 19.3. The van der Waals surface area contributed by atoms with Gasteiger partial charge in [0.25, 0.3) is 0 Å². The van der Waals surface area contributed by atoms with Crippen molar-refractivity contribution in [1.82, 2.24) is 4.98 Å². The fraction of sp³-hybridized carbons (Fsp3) is 0.160. The molecule has 1 aliphatic rings. The highest BCUT2D eigenvalue weighted by atomic mass is 16.5. The lowest BCUT2D eigenvalue weighted by atomic mass is 9.76. The van der Waals surface area contributed by atoms with Gasteiger partial charge in [0.2, 0.25) is 0 Å². The number of aromatic amines is 1. The van der Waals surface area contributed by atoms with E-state index >= 15 is 0 Å². The number of nitrogens with one attached hydrogen (secondary N) is 1. The molecule has 0 radical (unpaired) electrons. The molecule has 0 bridgehead atoms. The smallest absolute Gasteiger partial charge is 0.319 e. The van der Waals surface area contributed by atoms with Crippen LogP contribution in [0.4, 0.5) is 0 Å². The highest BCUT2D eigenvalue weighted by molar-refractivity contribution is 5.91. The van der Waals surface area contributed by atoms with Crippen LogP contribution in [-0.2, 0) is 4.79 Å². The SMILES string of the molecule is Cc1cccc([C@@H](c2c(C)[nH]c3ccccc23)[C@H]2C(=O)Oc3ccccc32)c1. The number of esters is 1. The number of H-pyrrole nitrogens is 1. The number of benzene rings is 3. The van der Waals surface area contributed by atoms with Crippen LogP contribution in [0, 0.1) is 13.8 Å². The summed E-state index contributed by atoms with van der Waals surface area (Å²) in [5.74, 6) is 0.00754. The summed E-state index contributed by atoms with van der Waals surface area (Å²) in [6.07, 6.45) is 0. The Hall–Kier alpha value is -3.33. The first-order valence-electron chi connectivity index (χ1n) is 9.58. The number of carbonyl (C=O) groups excluding carboxylic acids is 1. The Labute approximate surface area is 164 Å². The van der Waals surface area contributed by atoms with Crippen LogP contribution in [0.3, 0.4) is 0 Å². The van der Waals surface area contributed by atoms with Crippen LogP contribution in [0.2, 0.25) is 0 Å². The molecule has 0 unspecified atom stereocenters. The van der Waals surface area contributed by atoms with Gasteiger partial charge in [-0.05, 0) is 37.1 Å². The van der Waals surface area contributed by atoms with E-state index < -0.39 is 0 Å². The van der Waals surface area contributed by atoms with Gasteiger partial charge >= 0.3 is 5.97 Å². The first-order valence-corrected chi connectivity index (χ1v) is 9.58. The van der Waals surface area contributed by atoms with Crippen LogP contribution in [0.5, 0.6) is 5.75 Å². The largest absolute Gasteiger partial charge is 0.426 e. The van der Waals surface area contributed by atoms with Gasteiger partial charge in [-0.2, -0.15) is 0 Å². The van der Waals surface area contributed by atoms with E-state index in [1.54, 1.807) is 0 Å². The van der Waals surface area contributed by atoms with Gasteiger partial charge in [-0.3, -0.25) is 4.79 Å². The number of aryl methyl sites for hydroxylation is 2. The molecule has 3 nitrogen and oxygen atoms in total. The van der Waals surface area contributed by atoms with E-state index in [2.05, 4.69) is 55.2 Å². The molecule has 1 N–H and O–H groups in total. The van der Waals surface area contributed by atoms with E-state index in [0.717, 1.165) is 27.7 Å². The molecule has 28 heavy (non-hydrogen) atoms. The second-order valence-corrected chi connectivity index (χ2v) is 7.54. The van der Waals surface area contributed by atoms with E-state index in [9.17, 15) is 4.79 Å². The summed E-state index contributed by atoms with van der Waals surface area (Å²) in [6, 6.07) is 24.5. The molecule has 0 saturated heterocycles. The van der Waals surface area contributed by atoms with Gasteiger partial charge in [-0.1, -0.05) is 66.2 Å². The van der Waals surface area contributed by atoms with Gasteiger partial charge < -0.3 is 9.72 Å². The standard InChI is InChI=1S/C25H21NO2/c1-15-8-7-9-17(14-15)23(22-16(2)26-20-12-5-3-10-18(20)22)24-19-11-4-6-13-21(19)28-25(24)27/h3-14,23-24,26H,1-2H3/t23-,24-/m0/s1. The molecule has 138 valence electrons. The zero-order valence-electron chi connectivity index (χ0n) is 15.9. The van der Waals surface area contributed by atoms with E-state index in [4.69, 9.17) is 4.74 Å². The maximum Gasteiger partial charge on any atom is 0.319 e. The van der Waals surface area contributed by atoms with Gasteiger partial charge in [0.05, 0.1) is 5.92 Å². The zero-order valence-corrected chi connectivity index (χ0v) is 15.9. The normalized spacial score (nSPS) is 16.8. The van der Waals surface area contributed by atoms with Crippen molar-refractivity contribution in [3.05, 3.63) is 101 Å². The molecule has 0 fully saturated rings. The monoisotopic (exact) mass is 367 g/mol. The predicted octanol–water partition coefficient (Wildman–Crippen LogP) is 5.62. The lowest BCUT2D eigenvalue weighted by Gasteiger charge is -2.23. The molecule has 0 spiro atoms. The lowest BCUT2D eigenvalue weighted by molar-refractivity contribution is -0.134. The molecule has 0 aliphatic carbocycles. The molecule has 2 heterocycles. The van der Waals surface area contributed by atoms with Crippen LogP contribution in [0.15, 0.2) is 72.8 Å². The van der Waals surface area contributed by atoms with Crippen LogP contribution >= 0.6 is 0 Å². The Morgan fingerprint density at radius 3 is 2.57 bits per heavy atom. The second-order valence-electron chi connectivity index (χ2n) is 7.54. The average Bonchev–Trinajstić information content (AvgIpc) is 3.19. The average molecular weight is 367 g/mol. The number of aromatic nitrogens is 1. The minimum absolute atomic E-state index is 0.118. The predicted molar refractivity (Wildman–Crippen MR) is 111 cm³/mol. The van der Waals surface area contributed by atoms with Crippen LogP contribution < -0.4 is 4.74 Å². The number of carbonyl (C=O) groups is 1. The van der Waals surface area contributed by atoms with Gasteiger partial charge in [0.1, 0.15) is 5.75 Å². The minimum atomic E-state index is -0.365. The van der Waals surface area contributed by atoms with Crippen molar-refractivity contribution in [2.24, 2.45) is 0 Å². The van der Waals surface area contributed by atoms with Gasteiger partial charge in [-0.15, -0.1) is 0 Å². The van der Waals surface area contributed by atoms with Gasteiger partial charge in [0, 0.05) is 28.1 Å². The number of para-hydroxylation sites is 2. The Morgan fingerprint density at radius 2 is 1.71 bits per heavy atom. The molecular weight excluding hydrogens is 346 g/mol. The Morgan fingerprint density at radius 1 is 0.929 bits per heavy atom. The number of ether oxygens (including phenoxy) is 1. The van der Waals surface area contributed by atoms with Crippen molar-refractivity contribution >= 4 is 16.9 Å². The maximum atomic E-state index is 13.0. The Balaban J connectivity index is 1.80. The fourth-order valence-corrected chi connectivity index (χ4v) is 4.53. The van der Waals surface area contributed by atoms with Crippen molar-refractivity contribution in [3.63, 3.8) is 0 Å². The molecule has 1 aliphatic heterocycles. The highest BCUT2D eigenvalue weighted by Gasteiger charge is 2.42. The first kappa shape index (κ1) is 16.8. The van der Waals surface area contributed by atoms with Crippen molar-refractivity contribution < 1.29 is 9.53 Å². The van der Waals surface area contributed by atoms with Crippen molar-refractivity contribution in [3.8, 4) is 5.75 Å². The van der Waals surface area contributed by atoms with Crippen LogP contribution in [-0.4, -0.2) is 11.0 Å². The van der Waals surface area contributed by atoms with E-state index in [-0.39, 0.29) is 17.8 Å². The fourth-order valence-electron chi connectivity index (χ4n) is 4.53. The summed E-state index contributed by atoms with van der Waals surface area (Å²) in [6.45, 7) is 4.17. The molecule has 3 heteroatoms. The molecule has 3 aromatic carbocycles. The van der Waals surface area contributed by atoms with Crippen molar-refractivity contribution in [1.29, 1.82) is 0 Å². The molecule has 2 atom stereocenters. The third kappa shape index (κ3) is 2.55. The summed E-state index contributed by atoms with van der Waals surface area (Å²) < 4.78 is 5.65. The molecular formula is C25H21NO2. The third-order valence-electron chi connectivity index (χ3n) is 5.71. The van der Waals surface area contributed by atoms with E-state index in [1.165, 1.54) is 11.1 Å². The number of hydrogen-bond acceptors (Lipinski definition) is 2. The van der Waals surface area contributed by atoms with Gasteiger partial charge in [-0.25, -0.2) is 0 Å². The lowest BCUT2D eigenvalue weighted by Crippen LogP contribution is -2.20. The molecule has 4 aromatic rings.